The van der Waals surface area contributed by atoms with Crippen LogP contribution in [-0.4, -0.2) is 31.4 Å². The summed E-state index contributed by atoms with van der Waals surface area (Å²) in [6.07, 6.45) is 8.40. The van der Waals surface area contributed by atoms with Crippen LogP contribution >= 0.6 is 0 Å². The summed E-state index contributed by atoms with van der Waals surface area (Å²) < 4.78 is 0. The number of nitrogens with one attached hydrogen (secondary N) is 1. The maximum atomic E-state index is 4.23. The Hall–Kier alpha value is -0.830. The molecule has 0 aromatic heterocycles. The van der Waals surface area contributed by atoms with Gasteiger partial charge in [-0.3, -0.25) is 5.01 Å². The highest BCUT2D eigenvalue weighted by Crippen LogP contribution is 2.49. The molecule has 1 aliphatic rings. The first kappa shape index (κ1) is 15.2. The maximum Gasteiger partial charge on any atom is 0.0468 e. The Labute approximate surface area is 112 Å². The van der Waals surface area contributed by atoms with Crippen LogP contribution in [0.1, 0.15) is 52.9 Å². The van der Waals surface area contributed by atoms with Crippen molar-refractivity contribution in [2.45, 2.75) is 52.9 Å². The van der Waals surface area contributed by atoms with Gasteiger partial charge in [-0.2, -0.15) is 5.10 Å². The van der Waals surface area contributed by atoms with Crippen LogP contribution < -0.4 is 5.32 Å². The molecular weight excluding hydrogens is 222 g/mol. The minimum absolute atomic E-state index is 0.525. The van der Waals surface area contributed by atoms with Crippen LogP contribution in [0.5, 0.6) is 0 Å². The van der Waals surface area contributed by atoms with Gasteiger partial charge in [-0.25, -0.2) is 0 Å². The summed E-state index contributed by atoms with van der Waals surface area (Å²) in [6.45, 7) is 13.5. The van der Waals surface area contributed by atoms with E-state index in [1.807, 2.05) is 0 Å². The molecule has 0 saturated heterocycles. The summed E-state index contributed by atoms with van der Waals surface area (Å²) in [6, 6.07) is 0. The molecule has 0 bridgehead atoms. The van der Waals surface area contributed by atoms with Gasteiger partial charge in [0.2, 0.25) is 0 Å². The van der Waals surface area contributed by atoms with E-state index in [0.717, 1.165) is 26.1 Å². The van der Waals surface area contributed by atoms with E-state index < -0.39 is 0 Å². The number of allylic oxidation sites excluding steroid dienone is 2. The number of nitrogens with zero attached hydrogens (tertiary/aromatic N) is 2. The Balaban J connectivity index is 2.43. The number of hydrogen-bond acceptors (Lipinski definition) is 3. The molecule has 1 aliphatic carbocycles. The van der Waals surface area contributed by atoms with Crippen molar-refractivity contribution in [3.63, 3.8) is 0 Å². The molecule has 0 amide bonds. The molecule has 1 rings (SSSR count). The van der Waals surface area contributed by atoms with Crippen LogP contribution in [0.4, 0.5) is 0 Å². The van der Waals surface area contributed by atoms with Crippen molar-refractivity contribution in [3.8, 4) is 0 Å². The molecular formula is C15H29N3. The highest BCUT2D eigenvalue weighted by Gasteiger charge is 2.42. The standard InChI is InChI=1S/C15H29N3/c1-5-14(9-8-12-17-7-3)18(16-4)13-15(6-2)10-11-15/h5,17H,4,6-13H2,1-3H3/b14-5-. The average Bonchev–Trinajstić information content (AvgIpc) is 3.17. The van der Waals surface area contributed by atoms with E-state index in [1.165, 1.54) is 31.4 Å². The number of hydrogen-bond donors (Lipinski definition) is 1. The molecule has 104 valence electrons. The zero-order valence-corrected chi connectivity index (χ0v) is 12.3. The molecule has 0 aliphatic heterocycles. The molecule has 0 spiro atoms. The normalized spacial score (nSPS) is 17.6. The Kier molecular flexibility index (Phi) is 6.41. The molecule has 0 aromatic rings. The Morgan fingerprint density at radius 2 is 2.17 bits per heavy atom. The zero-order valence-electron chi connectivity index (χ0n) is 12.3. The monoisotopic (exact) mass is 251 g/mol. The van der Waals surface area contributed by atoms with Gasteiger partial charge in [-0.15, -0.1) is 0 Å². The smallest absolute Gasteiger partial charge is 0.0468 e. The molecule has 0 aromatic carbocycles. The van der Waals surface area contributed by atoms with Crippen LogP contribution in [-0.2, 0) is 0 Å². The second-order valence-electron chi connectivity index (χ2n) is 5.29. The Morgan fingerprint density at radius 3 is 2.61 bits per heavy atom. The Bertz CT molecular complexity index is 279. The summed E-state index contributed by atoms with van der Waals surface area (Å²) in [5, 5.41) is 9.72. The van der Waals surface area contributed by atoms with Gasteiger partial charge in [0.15, 0.2) is 0 Å². The van der Waals surface area contributed by atoms with E-state index in [-0.39, 0.29) is 0 Å². The first-order valence-corrected chi connectivity index (χ1v) is 7.31. The van der Waals surface area contributed by atoms with Gasteiger partial charge in [0.1, 0.15) is 0 Å². The predicted octanol–water partition coefficient (Wildman–Crippen LogP) is 3.39. The van der Waals surface area contributed by atoms with Gasteiger partial charge < -0.3 is 5.32 Å². The van der Waals surface area contributed by atoms with Crippen molar-refractivity contribution in [2.75, 3.05) is 19.6 Å². The predicted molar refractivity (Wildman–Crippen MR) is 79.7 cm³/mol. The second-order valence-corrected chi connectivity index (χ2v) is 5.29. The third kappa shape index (κ3) is 4.45. The lowest BCUT2D eigenvalue weighted by molar-refractivity contribution is 0.268. The van der Waals surface area contributed by atoms with Crippen LogP contribution in [0, 0.1) is 5.41 Å². The van der Waals surface area contributed by atoms with Gasteiger partial charge in [-0.1, -0.05) is 19.9 Å². The minimum atomic E-state index is 0.525. The van der Waals surface area contributed by atoms with E-state index in [9.17, 15) is 0 Å². The first-order valence-electron chi connectivity index (χ1n) is 7.31. The molecule has 3 nitrogen and oxygen atoms in total. The highest BCUT2D eigenvalue weighted by molar-refractivity contribution is 5.24. The third-order valence-electron chi connectivity index (χ3n) is 4.06. The maximum absolute atomic E-state index is 4.23. The number of rotatable bonds is 10. The van der Waals surface area contributed by atoms with Crippen LogP contribution in [0.25, 0.3) is 0 Å². The van der Waals surface area contributed by atoms with Crippen LogP contribution in [0.2, 0.25) is 0 Å². The van der Waals surface area contributed by atoms with Gasteiger partial charge in [0.25, 0.3) is 0 Å². The van der Waals surface area contributed by atoms with E-state index >= 15 is 0 Å². The van der Waals surface area contributed by atoms with Gasteiger partial charge in [-0.05, 0) is 57.5 Å². The van der Waals surface area contributed by atoms with E-state index in [1.54, 1.807) is 0 Å². The van der Waals surface area contributed by atoms with Crippen LogP contribution in [0.3, 0.4) is 0 Å². The minimum Gasteiger partial charge on any atom is -0.317 e. The first-order chi connectivity index (χ1) is 8.71. The Morgan fingerprint density at radius 1 is 1.44 bits per heavy atom. The lowest BCUT2D eigenvalue weighted by atomic mass is 10.0. The van der Waals surface area contributed by atoms with E-state index in [2.05, 4.69) is 49.0 Å². The largest absolute Gasteiger partial charge is 0.317 e. The van der Waals surface area contributed by atoms with Crippen molar-refractivity contribution >= 4 is 6.72 Å². The van der Waals surface area contributed by atoms with Crippen molar-refractivity contribution in [3.05, 3.63) is 11.8 Å². The SMILES string of the molecule is C=NN(CC1(CC)CC1)/C(=C\C)CCCNCC. The molecule has 1 N–H and O–H groups in total. The molecule has 18 heavy (non-hydrogen) atoms. The fraction of sp³-hybridized carbons (Fsp3) is 0.800. The van der Waals surface area contributed by atoms with Gasteiger partial charge >= 0.3 is 0 Å². The lowest BCUT2D eigenvalue weighted by Gasteiger charge is -2.26. The molecule has 0 radical (unpaired) electrons. The summed E-state index contributed by atoms with van der Waals surface area (Å²) in [4.78, 5) is 0. The second kappa shape index (κ2) is 7.57. The molecule has 1 fully saturated rings. The van der Waals surface area contributed by atoms with Crippen molar-refractivity contribution in [2.24, 2.45) is 10.5 Å². The van der Waals surface area contributed by atoms with Gasteiger partial charge in [0.05, 0.1) is 0 Å². The fourth-order valence-corrected chi connectivity index (χ4v) is 2.35. The quantitative estimate of drug-likeness (QED) is 0.366. The van der Waals surface area contributed by atoms with Gasteiger partial charge in [0, 0.05) is 19.0 Å². The fourth-order valence-electron chi connectivity index (χ4n) is 2.35. The number of hydrazone groups is 1. The van der Waals surface area contributed by atoms with E-state index in [4.69, 9.17) is 0 Å². The van der Waals surface area contributed by atoms with Crippen molar-refractivity contribution in [1.29, 1.82) is 0 Å². The lowest BCUT2D eigenvalue weighted by Crippen LogP contribution is -2.25. The summed E-state index contributed by atoms with van der Waals surface area (Å²) in [5.41, 5.74) is 1.85. The van der Waals surface area contributed by atoms with Crippen molar-refractivity contribution < 1.29 is 0 Å². The summed E-state index contributed by atoms with van der Waals surface area (Å²) in [5.74, 6) is 0. The highest BCUT2D eigenvalue weighted by atomic mass is 15.5. The zero-order chi connectivity index (χ0) is 13.4. The topological polar surface area (TPSA) is 27.6 Å². The van der Waals surface area contributed by atoms with Crippen LogP contribution in [0.15, 0.2) is 16.9 Å². The molecule has 0 unspecified atom stereocenters. The molecule has 1 saturated carbocycles. The molecule has 3 heteroatoms. The molecule has 0 heterocycles. The third-order valence-corrected chi connectivity index (χ3v) is 4.06. The molecule has 0 atom stereocenters. The van der Waals surface area contributed by atoms with Crippen molar-refractivity contribution in [1.82, 2.24) is 10.3 Å². The summed E-state index contributed by atoms with van der Waals surface area (Å²) in [7, 11) is 0. The van der Waals surface area contributed by atoms with E-state index in [0.29, 0.717) is 5.41 Å². The average molecular weight is 251 g/mol. The summed E-state index contributed by atoms with van der Waals surface area (Å²) >= 11 is 0.